The smallest absolute Gasteiger partial charge is 0.288 e. The third kappa shape index (κ3) is 3.23. The standard InChI is InChI=1S/C12H13N5O3/c18-5-3-9-10(15-17-11(9)19)12(20)16-14-7-8-2-1-4-13-6-8/h1-2,4,6-7,9,18H,3,5H2,(H,16,20)(H,17,19)/b14-7-/t9-/m0/s1. The van der Waals surface area contributed by atoms with Gasteiger partial charge >= 0.3 is 0 Å². The molecule has 1 atom stereocenters. The Morgan fingerprint density at radius 1 is 1.60 bits per heavy atom. The van der Waals surface area contributed by atoms with Gasteiger partial charge in [-0.1, -0.05) is 6.07 Å². The van der Waals surface area contributed by atoms with E-state index in [1.807, 2.05) is 0 Å². The highest BCUT2D eigenvalue weighted by atomic mass is 16.3. The third-order valence-corrected chi connectivity index (χ3v) is 2.65. The lowest BCUT2D eigenvalue weighted by Crippen LogP contribution is -2.34. The van der Waals surface area contributed by atoms with E-state index in [0.717, 1.165) is 5.56 Å². The van der Waals surface area contributed by atoms with Crippen LogP contribution < -0.4 is 10.9 Å². The lowest BCUT2D eigenvalue weighted by molar-refractivity contribution is -0.123. The summed E-state index contributed by atoms with van der Waals surface area (Å²) in [6, 6.07) is 3.51. The molecule has 0 fully saturated rings. The van der Waals surface area contributed by atoms with Crippen molar-refractivity contribution in [2.24, 2.45) is 16.1 Å². The van der Waals surface area contributed by atoms with Crippen molar-refractivity contribution in [1.82, 2.24) is 15.8 Å². The van der Waals surface area contributed by atoms with Gasteiger partial charge in [-0.05, 0) is 12.5 Å². The molecular weight excluding hydrogens is 262 g/mol. The second-order valence-electron chi connectivity index (χ2n) is 4.02. The molecular formula is C12H13N5O3. The number of aliphatic hydroxyl groups is 1. The normalized spacial score (nSPS) is 17.9. The van der Waals surface area contributed by atoms with Crippen molar-refractivity contribution in [3.63, 3.8) is 0 Å². The highest BCUT2D eigenvalue weighted by Gasteiger charge is 2.33. The van der Waals surface area contributed by atoms with E-state index < -0.39 is 17.7 Å². The van der Waals surface area contributed by atoms with Gasteiger partial charge in [0.05, 0.1) is 12.1 Å². The number of pyridine rings is 1. The van der Waals surface area contributed by atoms with E-state index in [0.29, 0.717) is 0 Å². The van der Waals surface area contributed by atoms with Crippen LogP contribution in [0.3, 0.4) is 0 Å². The topological polar surface area (TPSA) is 116 Å². The number of hydrazone groups is 2. The summed E-state index contributed by atoms with van der Waals surface area (Å²) in [6.45, 7) is -0.205. The van der Waals surface area contributed by atoms with Gasteiger partial charge in [-0.2, -0.15) is 10.2 Å². The first-order chi connectivity index (χ1) is 9.72. The average Bonchev–Trinajstić information content (AvgIpc) is 2.82. The Balaban J connectivity index is 1.95. The summed E-state index contributed by atoms with van der Waals surface area (Å²) in [5, 5.41) is 16.3. The Kier molecular flexibility index (Phi) is 4.51. The minimum Gasteiger partial charge on any atom is -0.396 e. The first-order valence-electron chi connectivity index (χ1n) is 5.94. The molecule has 8 nitrogen and oxygen atoms in total. The zero-order chi connectivity index (χ0) is 14.4. The fourth-order valence-electron chi connectivity index (χ4n) is 1.68. The van der Waals surface area contributed by atoms with Crippen molar-refractivity contribution in [2.75, 3.05) is 6.61 Å². The van der Waals surface area contributed by atoms with Gasteiger partial charge in [-0.3, -0.25) is 14.6 Å². The summed E-state index contributed by atoms with van der Waals surface area (Å²) >= 11 is 0. The van der Waals surface area contributed by atoms with Gasteiger partial charge in [0, 0.05) is 24.6 Å². The van der Waals surface area contributed by atoms with Gasteiger partial charge < -0.3 is 5.11 Å². The number of amides is 2. The molecule has 104 valence electrons. The first-order valence-corrected chi connectivity index (χ1v) is 5.94. The van der Waals surface area contributed by atoms with Crippen molar-refractivity contribution in [3.05, 3.63) is 30.1 Å². The summed E-state index contributed by atoms with van der Waals surface area (Å²) in [4.78, 5) is 27.1. The van der Waals surface area contributed by atoms with Crippen molar-refractivity contribution >= 4 is 23.7 Å². The van der Waals surface area contributed by atoms with Gasteiger partial charge in [0.15, 0.2) is 0 Å². The zero-order valence-corrected chi connectivity index (χ0v) is 10.5. The number of nitrogens with one attached hydrogen (secondary N) is 2. The molecule has 1 aromatic rings. The fraction of sp³-hybridized carbons (Fsp3) is 0.250. The van der Waals surface area contributed by atoms with Crippen LogP contribution in [0, 0.1) is 5.92 Å². The minimum absolute atomic E-state index is 0.0207. The van der Waals surface area contributed by atoms with Crippen LogP contribution in [0.15, 0.2) is 34.7 Å². The third-order valence-electron chi connectivity index (χ3n) is 2.65. The Morgan fingerprint density at radius 2 is 2.45 bits per heavy atom. The van der Waals surface area contributed by atoms with Crippen LogP contribution >= 0.6 is 0 Å². The number of carbonyl (C=O) groups excluding carboxylic acids is 2. The lowest BCUT2D eigenvalue weighted by Gasteiger charge is -2.06. The minimum atomic E-state index is -0.742. The number of hydrogen-bond acceptors (Lipinski definition) is 6. The molecule has 0 spiro atoms. The van der Waals surface area contributed by atoms with Crippen molar-refractivity contribution in [3.8, 4) is 0 Å². The zero-order valence-electron chi connectivity index (χ0n) is 10.5. The molecule has 0 radical (unpaired) electrons. The fourth-order valence-corrected chi connectivity index (χ4v) is 1.68. The molecule has 2 amide bonds. The number of rotatable bonds is 5. The van der Waals surface area contributed by atoms with E-state index in [9.17, 15) is 9.59 Å². The summed E-state index contributed by atoms with van der Waals surface area (Å²) in [6.07, 6.45) is 4.78. The van der Waals surface area contributed by atoms with Crippen LogP contribution in [0.4, 0.5) is 0 Å². The molecule has 1 aliphatic heterocycles. The summed E-state index contributed by atoms with van der Waals surface area (Å²) in [5.74, 6) is -1.73. The highest BCUT2D eigenvalue weighted by molar-refractivity contribution is 6.44. The molecule has 2 heterocycles. The van der Waals surface area contributed by atoms with Gasteiger partial charge in [-0.15, -0.1) is 0 Å². The molecule has 0 unspecified atom stereocenters. The molecule has 3 N–H and O–H groups in total. The first kappa shape index (κ1) is 13.8. The van der Waals surface area contributed by atoms with Gasteiger partial charge in [0.25, 0.3) is 5.91 Å². The van der Waals surface area contributed by atoms with Crippen LogP contribution in [0.25, 0.3) is 0 Å². The Bertz CT molecular complexity index is 555. The molecule has 1 aliphatic rings. The summed E-state index contributed by atoms with van der Waals surface area (Å²) in [5.41, 5.74) is 5.23. The molecule has 20 heavy (non-hydrogen) atoms. The molecule has 1 aromatic heterocycles. The van der Waals surface area contributed by atoms with Gasteiger partial charge in [0.2, 0.25) is 5.91 Å². The van der Waals surface area contributed by atoms with Crippen LogP contribution in [-0.4, -0.2) is 40.4 Å². The maximum Gasteiger partial charge on any atom is 0.288 e. The van der Waals surface area contributed by atoms with Crippen molar-refractivity contribution < 1.29 is 14.7 Å². The van der Waals surface area contributed by atoms with E-state index in [1.165, 1.54) is 6.21 Å². The molecule has 8 heteroatoms. The largest absolute Gasteiger partial charge is 0.396 e. The van der Waals surface area contributed by atoms with Crippen LogP contribution in [0.1, 0.15) is 12.0 Å². The van der Waals surface area contributed by atoms with Gasteiger partial charge in [0.1, 0.15) is 5.71 Å². The second kappa shape index (κ2) is 6.53. The highest BCUT2D eigenvalue weighted by Crippen LogP contribution is 2.11. The Hall–Kier alpha value is -2.61. The molecule has 0 aliphatic carbocycles. The van der Waals surface area contributed by atoms with Crippen LogP contribution in [0.2, 0.25) is 0 Å². The monoisotopic (exact) mass is 275 g/mol. The molecule has 0 aromatic carbocycles. The second-order valence-corrected chi connectivity index (χ2v) is 4.02. The molecule has 0 bridgehead atoms. The van der Waals surface area contributed by atoms with Crippen molar-refractivity contribution in [2.45, 2.75) is 6.42 Å². The van der Waals surface area contributed by atoms with E-state index in [4.69, 9.17) is 5.11 Å². The van der Waals surface area contributed by atoms with E-state index in [-0.39, 0.29) is 18.7 Å². The molecule has 0 saturated heterocycles. The van der Waals surface area contributed by atoms with E-state index >= 15 is 0 Å². The number of nitrogens with zero attached hydrogens (tertiary/aromatic N) is 3. The maximum absolute atomic E-state index is 11.8. The molecule has 0 saturated carbocycles. The predicted octanol–water partition coefficient (Wildman–Crippen LogP) is -0.984. The Labute approximate surface area is 114 Å². The predicted molar refractivity (Wildman–Crippen MR) is 70.7 cm³/mol. The number of hydrogen-bond donors (Lipinski definition) is 3. The quantitative estimate of drug-likeness (QED) is 0.473. The van der Waals surface area contributed by atoms with Gasteiger partial charge in [-0.25, -0.2) is 10.9 Å². The summed E-state index contributed by atoms with van der Waals surface area (Å²) in [7, 11) is 0. The van der Waals surface area contributed by atoms with Crippen molar-refractivity contribution in [1.29, 1.82) is 0 Å². The van der Waals surface area contributed by atoms with Crippen LogP contribution in [0.5, 0.6) is 0 Å². The number of aromatic nitrogens is 1. The van der Waals surface area contributed by atoms with E-state index in [2.05, 4.69) is 26.0 Å². The number of aliphatic hydroxyl groups excluding tert-OH is 1. The maximum atomic E-state index is 11.8. The van der Waals surface area contributed by atoms with E-state index in [1.54, 1.807) is 24.5 Å². The SMILES string of the molecule is O=C(N/N=C\c1cccnc1)C1=NNC(=O)[C@H]1CCO. The van der Waals surface area contributed by atoms with Crippen LogP contribution in [-0.2, 0) is 9.59 Å². The number of carbonyl (C=O) groups is 2. The Morgan fingerprint density at radius 3 is 3.15 bits per heavy atom. The summed E-state index contributed by atoms with van der Waals surface area (Å²) < 4.78 is 0. The average molecular weight is 275 g/mol. The lowest BCUT2D eigenvalue weighted by atomic mass is 10.00. The molecule has 2 rings (SSSR count).